The lowest BCUT2D eigenvalue weighted by Crippen LogP contribution is -2.37. The summed E-state index contributed by atoms with van der Waals surface area (Å²) in [5.41, 5.74) is 4.43. The summed E-state index contributed by atoms with van der Waals surface area (Å²) in [5.74, 6) is -0.677. The monoisotopic (exact) mass is 530 g/mol. The normalized spacial score (nSPS) is 22.7. The van der Waals surface area contributed by atoms with Crippen LogP contribution >= 0.6 is 0 Å². The first kappa shape index (κ1) is 29.1. The largest absolute Gasteiger partial charge is 0.426 e. The average molecular weight is 531 g/mol. The summed E-state index contributed by atoms with van der Waals surface area (Å²) in [7, 11) is 0. The van der Waals surface area contributed by atoms with Gasteiger partial charge in [-0.05, 0) is 77.3 Å². The molecule has 1 saturated carbocycles. The van der Waals surface area contributed by atoms with E-state index in [4.69, 9.17) is 9.47 Å². The fraction of sp³-hybridized carbons (Fsp3) is 0.543. The molecule has 0 aromatic heterocycles. The lowest BCUT2D eigenvalue weighted by Gasteiger charge is -2.25. The topological polar surface area (TPSA) is 52.6 Å². The molecule has 0 spiro atoms. The van der Waals surface area contributed by atoms with Gasteiger partial charge in [0.15, 0.2) is 0 Å². The maximum atomic E-state index is 13.8. The number of carbonyl (C=O) groups is 2. The van der Waals surface area contributed by atoms with Crippen LogP contribution in [-0.4, -0.2) is 11.9 Å². The number of esters is 2. The van der Waals surface area contributed by atoms with Crippen molar-refractivity contribution in [1.29, 1.82) is 0 Å². The van der Waals surface area contributed by atoms with Gasteiger partial charge in [0.1, 0.15) is 11.5 Å². The highest BCUT2D eigenvalue weighted by Crippen LogP contribution is 2.60. The number of hydrogen-bond donors (Lipinski definition) is 0. The zero-order valence-electron chi connectivity index (χ0n) is 24.7. The minimum Gasteiger partial charge on any atom is -0.426 e. The van der Waals surface area contributed by atoms with Gasteiger partial charge in [0, 0.05) is 0 Å². The predicted octanol–water partition coefficient (Wildman–Crippen LogP) is 8.08. The molecular weight excluding hydrogens is 484 g/mol. The van der Waals surface area contributed by atoms with E-state index < -0.39 is 11.8 Å². The second-order valence-corrected chi connectivity index (χ2v) is 12.0. The second-order valence-electron chi connectivity index (χ2n) is 12.0. The molecule has 2 aromatic carbocycles. The Bertz CT molecular complexity index is 1120. The lowest BCUT2D eigenvalue weighted by molar-refractivity contribution is -0.151. The summed E-state index contributed by atoms with van der Waals surface area (Å²) in [6.07, 6.45) is 12.0. The Labute approximate surface area is 235 Å². The number of ether oxygens (including phenoxy) is 2. The first-order chi connectivity index (χ1) is 18.7. The Kier molecular flexibility index (Phi) is 9.35. The molecule has 4 atom stereocenters. The Morgan fingerprint density at radius 1 is 0.641 bits per heavy atom. The molecule has 0 amide bonds. The number of fused-ring (bicyclic) bond motifs is 2. The van der Waals surface area contributed by atoms with Crippen LogP contribution in [0.3, 0.4) is 0 Å². The van der Waals surface area contributed by atoms with Gasteiger partial charge in [0.25, 0.3) is 0 Å². The Balaban J connectivity index is 1.61. The molecule has 4 rings (SSSR count). The molecular formula is C35H46O4. The lowest BCUT2D eigenvalue weighted by atomic mass is 9.79. The minimum atomic E-state index is -0.568. The third kappa shape index (κ3) is 6.00. The zero-order chi connectivity index (χ0) is 28.2. The van der Waals surface area contributed by atoms with Gasteiger partial charge >= 0.3 is 11.9 Å². The van der Waals surface area contributed by atoms with Crippen molar-refractivity contribution >= 4 is 11.9 Å². The first-order valence-corrected chi connectivity index (χ1v) is 15.1. The number of aryl methyl sites for hydroxylation is 4. The minimum absolute atomic E-state index is 0.0661. The molecule has 4 unspecified atom stereocenters. The van der Waals surface area contributed by atoms with Gasteiger partial charge in [0.05, 0.1) is 11.8 Å². The van der Waals surface area contributed by atoms with E-state index in [1.54, 1.807) is 0 Å². The molecule has 4 heteroatoms. The number of carbonyl (C=O) groups excluding carboxylic acids is 2. The molecule has 1 fully saturated rings. The summed E-state index contributed by atoms with van der Waals surface area (Å²) >= 11 is 0. The quantitative estimate of drug-likeness (QED) is 0.158. The zero-order valence-corrected chi connectivity index (χ0v) is 24.7. The van der Waals surface area contributed by atoms with Crippen molar-refractivity contribution in [2.75, 3.05) is 0 Å². The van der Waals surface area contributed by atoms with Gasteiger partial charge in [-0.3, -0.25) is 9.59 Å². The molecule has 0 saturated heterocycles. The van der Waals surface area contributed by atoms with Crippen molar-refractivity contribution in [3.05, 3.63) is 70.8 Å². The standard InChI is InChI=1S/C35H46O4/c1-7-11-23-15-19-29(25(21-23)13-9-3)38-33(36)31-27-17-18-28(35(27,5)6)32(31)34(37)39-30-20-16-24(12-8-2)22-26(30)14-10-4/h15-22,27-28,31-32H,7-14H2,1-6H3. The number of allylic oxidation sites excluding steroid dienone is 2. The smallest absolute Gasteiger partial charge is 0.315 e. The number of hydrogen-bond acceptors (Lipinski definition) is 4. The van der Waals surface area contributed by atoms with Crippen LogP contribution in [0.15, 0.2) is 48.6 Å². The Morgan fingerprint density at radius 2 is 1.03 bits per heavy atom. The van der Waals surface area contributed by atoms with Crippen LogP contribution in [0.4, 0.5) is 0 Å². The molecule has 2 aromatic rings. The molecule has 4 nitrogen and oxygen atoms in total. The molecule has 0 aliphatic heterocycles. The van der Waals surface area contributed by atoms with Gasteiger partial charge in [0.2, 0.25) is 0 Å². The highest BCUT2D eigenvalue weighted by molar-refractivity contribution is 5.87. The summed E-state index contributed by atoms with van der Waals surface area (Å²) in [4.78, 5) is 27.7. The summed E-state index contributed by atoms with van der Waals surface area (Å²) in [6.45, 7) is 12.9. The SMILES string of the molecule is CCCc1ccc(OC(=O)C2C(C(=O)Oc3ccc(CCC)cc3CCC)C3C=CC2C3(C)C)c(CCC)c1. The van der Waals surface area contributed by atoms with Crippen LogP contribution in [0.2, 0.25) is 0 Å². The second kappa shape index (κ2) is 12.5. The van der Waals surface area contributed by atoms with E-state index in [9.17, 15) is 9.59 Å². The van der Waals surface area contributed by atoms with E-state index in [1.807, 2.05) is 12.1 Å². The van der Waals surface area contributed by atoms with Gasteiger partial charge in [-0.25, -0.2) is 0 Å². The highest BCUT2D eigenvalue weighted by Gasteiger charge is 2.62. The van der Waals surface area contributed by atoms with Crippen LogP contribution in [-0.2, 0) is 35.3 Å². The summed E-state index contributed by atoms with van der Waals surface area (Å²) in [6, 6.07) is 12.3. The van der Waals surface area contributed by atoms with Crippen molar-refractivity contribution in [1.82, 2.24) is 0 Å². The summed E-state index contributed by atoms with van der Waals surface area (Å²) < 4.78 is 12.2. The van der Waals surface area contributed by atoms with Gasteiger partial charge in [-0.15, -0.1) is 0 Å². The molecule has 0 heterocycles. The van der Waals surface area contributed by atoms with Gasteiger partial charge < -0.3 is 9.47 Å². The maximum Gasteiger partial charge on any atom is 0.315 e. The molecule has 2 aliphatic carbocycles. The van der Waals surface area contributed by atoms with E-state index >= 15 is 0 Å². The van der Waals surface area contributed by atoms with Crippen LogP contribution < -0.4 is 9.47 Å². The van der Waals surface area contributed by atoms with Crippen molar-refractivity contribution in [3.63, 3.8) is 0 Å². The van der Waals surface area contributed by atoms with E-state index in [0.717, 1.165) is 62.5 Å². The molecule has 2 aliphatic rings. The molecule has 39 heavy (non-hydrogen) atoms. The predicted molar refractivity (Wildman–Crippen MR) is 157 cm³/mol. The Morgan fingerprint density at radius 3 is 1.38 bits per heavy atom. The highest BCUT2D eigenvalue weighted by atomic mass is 16.5. The van der Waals surface area contributed by atoms with Crippen LogP contribution in [0.25, 0.3) is 0 Å². The number of rotatable bonds is 12. The van der Waals surface area contributed by atoms with Gasteiger partial charge in [-0.2, -0.15) is 0 Å². The molecule has 210 valence electrons. The maximum absolute atomic E-state index is 13.8. The van der Waals surface area contributed by atoms with Crippen molar-refractivity contribution < 1.29 is 19.1 Å². The van der Waals surface area contributed by atoms with Crippen LogP contribution in [0.1, 0.15) is 89.5 Å². The van der Waals surface area contributed by atoms with Crippen LogP contribution in [0.5, 0.6) is 11.5 Å². The Hall–Kier alpha value is -2.88. The summed E-state index contributed by atoms with van der Waals surface area (Å²) in [5, 5.41) is 0. The van der Waals surface area contributed by atoms with E-state index in [0.29, 0.717) is 11.5 Å². The van der Waals surface area contributed by atoms with Crippen molar-refractivity contribution in [3.8, 4) is 11.5 Å². The third-order valence-electron chi connectivity index (χ3n) is 8.74. The molecule has 0 N–H and O–H groups in total. The third-order valence-corrected chi connectivity index (χ3v) is 8.74. The van der Waals surface area contributed by atoms with Crippen molar-refractivity contribution in [2.45, 2.75) is 92.9 Å². The van der Waals surface area contributed by atoms with E-state index in [1.165, 1.54) is 11.1 Å². The van der Waals surface area contributed by atoms with Crippen molar-refractivity contribution in [2.24, 2.45) is 29.1 Å². The first-order valence-electron chi connectivity index (χ1n) is 15.1. The van der Waals surface area contributed by atoms with Gasteiger partial charge in [-0.1, -0.05) is 104 Å². The molecule has 0 radical (unpaired) electrons. The van der Waals surface area contributed by atoms with E-state index in [2.05, 4.69) is 78.0 Å². The molecule has 2 bridgehead atoms. The average Bonchev–Trinajstić information content (AvgIpc) is 3.32. The van der Waals surface area contributed by atoms with E-state index in [-0.39, 0.29) is 29.2 Å². The number of benzene rings is 2. The van der Waals surface area contributed by atoms with Crippen LogP contribution in [0, 0.1) is 29.1 Å². The fourth-order valence-corrected chi connectivity index (χ4v) is 6.79. The fourth-order valence-electron chi connectivity index (χ4n) is 6.79.